The zero-order valence-corrected chi connectivity index (χ0v) is 12.6. The number of aliphatic hydroxyl groups excluding tert-OH is 1. The lowest BCUT2D eigenvalue weighted by Gasteiger charge is -2.31. The molecule has 1 fully saturated rings. The van der Waals surface area contributed by atoms with Crippen LogP contribution >= 0.6 is 0 Å². The SMILES string of the molecule is N#Cc1ccc(N[C@H](CCO)C2CCOCC2)cc1C(F)(F)F. The van der Waals surface area contributed by atoms with Crippen LogP contribution in [0, 0.1) is 17.2 Å². The van der Waals surface area contributed by atoms with Crippen molar-refractivity contribution < 1.29 is 23.0 Å². The number of hydrogen-bond acceptors (Lipinski definition) is 4. The van der Waals surface area contributed by atoms with Gasteiger partial charge >= 0.3 is 6.18 Å². The minimum atomic E-state index is -4.58. The average molecular weight is 328 g/mol. The molecule has 1 atom stereocenters. The van der Waals surface area contributed by atoms with Gasteiger partial charge in [-0.3, -0.25) is 0 Å². The van der Waals surface area contributed by atoms with Crippen LogP contribution in [0.15, 0.2) is 18.2 Å². The highest BCUT2D eigenvalue weighted by Crippen LogP contribution is 2.34. The van der Waals surface area contributed by atoms with Crippen LogP contribution in [0.25, 0.3) is 0 Å². The van der Waals surface area contributed by atoms with E-state index in [2.05, 4.69) is 5.32 Å². The second-order valence-corrected chi connectivity index (χ2v) is 5.58. The largest absolute Gasteiger partial charge is 0.417 e. The van der Waals surface area contributed by atoms with E-state index in [1.807, 2.05) is 0 Å². The number of rotatable bonds is 5. The van der Waals surface area contributed by atoms with Crippen LogP contribution in [0.3, 0.4) is 0 Å². The van der Waals surface area contributed by atoms with Crippen molar-refractivity contribution in [2.45, 2.75) is 31.5 Å². The van der Waals surface area contributed by atoms with Gasteiger partial charge in [-0.25, -0.2) is 0 Å². The second kappa shape index (κ2) is 7.66. The summed E-state index contributed by atoms with van der Waals surface area (Å²) in [5, 5.41) is 21.1. The van der Waals surface area contributed by atoms with Crippen LogP contribution in [0.2, 0.25) is 0 Å². The summed E-state index contributed by atoms with van der Waals surface area (Å²) in [5.74, 6) is 0.237. The highest BCUT2D eigenvalue weighted by molar-refractivity contribution is 5.53. The number of nitrogens with zero attached hydrogens (tertiary/aromatic N) is 1. The Morgan fingerprint density at radius 1 is 1.35 bits per heavy atom. The van der Waals surface area contributed by atoms with Crippen LogP contribution < -0.4 is 5.32 Å². The molecule has 1 aliphatic heterocycles. The molecule has 2 N–H and O–H groups in total. The first kappa shape index (κ1) is 17.6. The number of halogens is 3. The van der Waals surface area contributed by atoms with Crippen molar-refractivity contribution in [3.05, 3.63) is 29.3 Å². The number of aliphatic hydroxyl groups is 1. The highest BCUT2D eigenvalue weighted by atomic mass is 19.4. The van der Waals surface area contributed by atoms with Crippen molar-refractivity contribution in [3.8, 4) is 6.07 Å². The Morgan fingerprint density at radius 2 is 2.04 bits per heavy atom. The molecule has 4 nitrogen and oxygen atoms in total. The number of alkyl halides is 3. The van der Waals surface area contributed by atoms with E-state index >= 15 is 0 Å². The Hall–Kier alpha value is -1.78. The zero-order valence-electron chi connectivity index (χ0n) is 12.6. The van der Waals surface area contributed by atoms with E-state index in [1.54, 1.807) is 6.07 Å². The van der Waals surface area contributed by atoms with E-state index < -0.39 is 17.3 Å². The standard InChI is InChI=1S/C16H19F3N2O2/c17-16(18,19)14-9-13(2-1-12(14)10-20)21-15(3-6-22)11-4-7-23-8-5-11/h1-2,9,11,15,21-22H,3-8H2/t15-/m1/s1. The third kappa shape index (κ3) is 4.60. The van der Waals surface area contributed by atoms with E-state index in [-0.39, 0.29) is 18.6 Å². The van der Waals surface area contributed by atoms with Crippen molar-refractivity contribution in [1.82, 2.24) is 0 Å². The minimum Gasteiger partial charge on any atom is -0.396 e. The van der Waals surface area contributed by atoms with Crippen molar-refractivity contribution in [2.24, 2.45) is 5.92 Å². The average Bonchev–Trinajstić information content (AvgIpc) is 2.54. The Morgan fingerprint density at radius 3 is 2.61 bits per heavy atom. The number of benzene rings is 1. The predicted octanol–water partition coefficient (Wildman–Crippen LogP) is 3.17. The molecular weight excluding hydrogens is 309 g/mol. The first-order valence-corrected chi connectivity index (χ1v) is 7.52. The van der Waals surface area contributed by atoms with Gasteiger partial charge in [0.1, 0.15) is 0 Å². The monoisotopic (exact) mass is 328 g/mol. The first-order valence-electron chi connectivity index (χ1n) is 7.52. The topological polar surface area (TPSA) is 65.3 Å². The van der Waals surface area contributed by atoms with Crippen LogP contribution in [0.5, 0.6) is 0 Å². The third-order valence-electron chi connectivity index (χ3n) is 4.07. The first-order chi connectivity index (χ1) is 11.0. The molecule has 1 aromatic carbocycles. The lowest BCUT2D eigenvalue weighted by atomic mass is 9.89. The molecule has 1 heterocycles. The molecule has 1 saturated heterocycles. The van der Waals surface area contributed by atoms with E-state index in [0.29, 0.717) is 25.3 Å². The summed E-state index contributed by atoms with van der Waals surface area (Å²) in [6, 6.07) is 5.04. The summed E-state index contributed by atoms with van der Waals surface area (Å²) in [7, 11) is 0. The lowest BCUT2D eigenvalue weighted by Crippen LogP contribution is -2.34. The minimum absolute atomic E-state index is 0.0442. The molecule has 2 rings (SSSR count). The maximum absolute atomic E-state index is 13.0. The molecule has 7 heteroatoms. The van der Waals surface area contributed by atoms with E-state index in [0.717, 1.165) is 18.9 Å². The fourth-order valence-corrected chi connectivity index (χ4v) is 2.86. The van der Waals surface area contributed by atoms with Gasteiger partial charge in [-0.2, -0.15) is 18.4 Å². The molecule has 23 heavy (non-hydrogen) atoms. The fraction of sp³-hybridized carbons (Fsp3) is 0.562. The van der Waals surface area contributed by atoms with Crippen molar-refractivity contribution >= 4 is 5.69 Å². The summed E-state index contributed by atoms with van der Waals surface area (Å²) >= 11 is 0. The Bertz CT molecular complexity index is 563. The summed E-state index contributed by atoms with van der Waals surface area (Å²) in [5.41, 5.74) is -1.03. The van der Waals surface area contributed by atoms with Crippen molar-refractivity contribution in [2.75, 3.05) is 25.1 Å². The lowest BCUT2D eigenvalue weighted by molar-refractivity contribution is -0.137. The van der Waals surface area contributed by atoms with Gasteiger partial charge in [-0.05, 0) is 43.4 Å². The third-order valence-corrected chi connectivity index (χ3v) is 4.07. The van der Waals surface area contributed by atoms with Gasteiger partial charge in [-0.15, -0.1) is 0 Å². The molecule has 0 radical (unpaired) electrons. The number of anilines is 1. The summed E-state index contributed by atoms with van der Waals surface area (Å²) < 4.78 is 44.4. The molecule has 0 unspecified atom stereocenters. The predicted molar refractivity (Wildman–Crippen MR) is 78.8 cm³/mol. The van der Waals surface area contributed by atoms with Gasteiger partial charge in [0.05, 0.1) is 17.2 Å². The van der Waals surface area contributed by atoms with Crippen molar-refractivity contribution in [3.63, 3.8) is 0 Å². The van der Waals surface area contributed by atoms with Crippen LogP contribution in [-0.2, 0) is 10.9 Å². The van der Waals surface area contributed by atoms with Gasteiger partial charge in [-0.1, -0.05) is 0 Å². The van der Waals surface area contributed by atoms with Crippen LogP contribution in [-0.4, -0.2) is 31.0 Å². The van der Waals surface area contributed by atoms with Crippen LogP contribution in [0.1, 0.15) is 30.4 Å². The Labute approximate surface area is 132 Å². The van der Waals surface area contributed by atoms with Gasteiger partial charge < -0.3 is 15.2 Å². The number of hydrogen-bond donors (Lipinski definition) is 2. The Balaban J connectivity index is 2.21. The normalized spacial score (nSPS) is 17.5. The second-order valence-electron chi connectivity index (χ2n) is 5.58. The van der Waals surface area contributed by atoms with Crippen LogP contribution in [0.4, 0.5) is 18.9 Å². The van der Waals surface area contributed by atoms with E-state index in [4.69, 9.17) is 10.00 Å². The van der Waals surface area contributed by atoms with E-state index in [1.165, 1.54) is 12.1 Å². The number of nitrogens with one attached hydrogen (secondary N) is 1. The van der Waals surface area contributed by atoms with E-state index in [9.17, 15) is 18.3 Å². The molecule has 0 amide bonds. The maximum Gasteiger partial charge on any atom is 0.417 e. The smallest absolute Gasteiger partial charge is 0.396 e. The molecule has 0 aromatic heterocycles. The molecular formula is C16H19F3N2O2. The van der Waals surface area contributed by atoms with Crippen molar-refractivity contribution in [1.29, 1.82) is 5.26 Å². The van der Waals surface area contributed by atoms with Gasteiger partial charge in [0.15, 0.2) is 0 Å². The molecule has 0 spiro atoms. The summed E-state index contributed by atoms with van der Waals surface area (Å²) in [6.07, 6.45) is -2.51. The number of ether oxygens (including phenoxy) is 1. The fourth-order valence-electron chi connectivity index (χ4n) is 2.86. The van der Waals surface area contributed by atoms with Gasteiger partial charge in [0.2, 0.25) is 0 Å². The maximum atomic E-state index is 13.0. The summed E-state index contributed by atoms with van der Waals surface area (Å²) in [4.78, 5) is 0. The summed E-state index contributed by atoms with van der Waals surface area (Å²) in [6.45, 7) is 1.20. The zero-order chi connectivity index (χ0) is 16.9. The molecule has 0 saturated carbocycles. The molecule has 0 bridgehead atoms. The molecule has 126 valence electrons. The Kier molecular flexibility index (Phi) is 5.85. The molecule has 0 aliphatic carbocycles. The van der Waals surface area contributed by atoms with Gasteiger partial charge in [0.25, 0.3) is 0 Å². The highest BCUT2D eigenvalue weighted by Gasteiger charge is 2.34. The molecule has 1 aromatic rings. The van der Waals surface area contributed by atoms with Gasteiger partial charge in [0, 0.05) is 31.5 Å². The number of nitriles is 1. The quantitative estimate of drug-likeness (QED) is 0.871. The molecule has 1 aliphatic rings.